The lowest BCUT2D eigenvalue weighted by molar-refractivity contribution is -0.131. The Hall–Kier alpha value is -5.37. The van der Waals surface area contributed by atoms with Crippen molar-refractivity contribution in [2.75, 3.05) is 4.90 Å². The number of fused-ring (bicyclic) bond motifs is 1. The summed E-state index contributed by atoms with van der Waals surface area (Å²) in [6.45, 7) is 1.25. The van der Waals surface area contributed by atoms with Crippen LogP contribution in [0.15, 0.2) is 103 Å². The summed E-state index contributed by atoms with van der Waals surface area (Å²) < 4.78 is 5.09. The third kappa shape index (κ3) is 4.25. The Labute approximate surface area is 229 Å². The second-order valence-electron chi connectivity index (χ2n) is 9.54. The number of rotatable bonds is 6. The van der Waals surface area contributed by atoms with Crippen molar-refractivity contribution in [2.45, 2.75) is 19.0 Å². The van der Waals surface area contributed by atoms with E-state index in [1.165, 1.54) is 36.1 Å². The molecule has 4 aromatic rings. The minimum atomic E-state index is -0.691. The molecule has 0 radical (unpaired) electrons. The number of ketones is 1. The van der Waals surface area contributed by atoms with Gasteiger partial charge in [-0.25, -0.2) is 4.90 Å². The molecule has 2 atom stereocenters. The molecule has 0 aromatic heterocycles. The van der Waals surface area contributed by atoms with Gasteiger partial charge in [-0.2, -0.15) is 0 Å². The fourth-order valence-corrected chi connectivity index (χ4v) is 5.13. The molecule has 0 aliphatic carbocycles. The molecule has 0 bridgehead atoms. The van der Waals surface area contributed by atoms with Crippen LogP contribution in [0.5, 0.6) is 5.75 Å². The molecule has 2 aliphatic rings. The van der Waals surface area contributed by atoms with E-state index >= 15 is 0 Å². The number of ether oxygens (including phenoxy) is 1. The van der Waals surface area contributed by atoms with Gasteiger partial charge in [0.05, 0.1) is 22.9 Å². The second kappa shape index (κ2) is 9.74. The van der Waals surface area contributed by atoms with Gasteiger partial charge >= 0.3 is 5.97 Å². The van der Waals surface area contributed by atoms with Crippen molar-refractivity contribution in [3.63, 3.8) is 0 Å². The quantitative estimate of drug-likeness (QED) is 0.116. The molecule has 4 aromatic carbocycles. The van der Waals surface area contributed by atoms with E-state index in [9.17, 15) is 24.0 Å². The van der Waals surface area contributed by atoms with Crippen LogP contribution < -0.4 is 9.64 Å². The molecule has 0 spiro atoms. The molecule has 0 unspecified atom stereocenters. The summed E-state index contributed by atoms with van der Waals surface area (Å²) in [5.74, 6) is -2.08. The summed E-state index contributed by atoms with van der Waals surface area (Å²) in [5, 5.41) is 0. The van der Waals surface area contributed by atoms with Crippen molar-refractivity contribution in [3.05, 3.63) is 131 Å². The van der Waals surface area contributed by atoms with Crippen LogP contribution in [0.2, 0.25) is 0 Å². The zero-order valence-electron chi connectivity index (χ0n) is 21.3. The molecule has 0 N–H and O–H groups in total. The standard InChI is InChI=1S/C32H22N2O6/c1-19(35)40-24-14-8-13-23(18-24)33-31(38)25-16-15-22(17-26(25)32(33)39)30(37)34-27(20-9-4-2-5-10-20)28(34)29(36)21-11-6-3-7-12-21/h2-18,27-28H,1H3/t27-,28-,34?/m0/s1. The van der Waals surface area contributed by atoms with Gasteiger partial charge in [-0.05, 0) is 35.9 Å². The summed E-state index contributed by atoms with van der Waals surface area (Å²) in [4.78, 5) is 67.5. The van der Waals surface area contributed by atoms with Crippen LogP contribution in [-0.4, -0.2) is 40.4 Å². The van der Waals surface area contributed by atoms with E-state index in [1.54, 1.807) is 42.5 Å². The number of anilines is 1. The van der Waals surface area contributed by atoms with Gasteiger partial charge in [-0.3, -0.25) is 24.0 Å². The first-order valence-electron chi connectivity index (χ1n) is 12.6. The van der Waals surface area contributed by atoms with Gasteiger partial charge in [-0.15, -0.1) is 0 Å². The minimum absolute atomic E-state index is 0.0813. The number of imide groups is 1. The topological polar surface area (TPSA) is 101 Å². The third-order valence-corrected chi connectivity index (χ3v) is 6.98. The van der Waals surface area contributed by atoms with E-state index in [-0.39, 0.29) is 33.9 Å². The van der Waals surface area contributed by atoms with E-state index in [0.717, 1.165) is 10.5 Å². The number of carbonyl (C=O) groups excluding carboxylic acids is 5. The van der Waals surface area contributed by atoms with Crippen LogP contribution in [0, 0.1) is 0 Å². The Morgan fingerprint density at radius 2 is 1.38 bits per heavy atom. The molecule has 8 heteroatoms. The molecule has 40 heavy (non-hydrogen) atoms. The van der Waals surface area contributed by atoms with Crippen LogP contribution in [0.4, 0.5) is 5.69 Å². The Morgan fingerprint density at radius 3 is 2.08 bits per heavy atom. The molecule has 196 valence electrons. The Bertz CT molecular complexity index is 1700. The van der Waals surface area contributed by atoms with Crippen LogP contribution in [0.25, 0.3) is 0 Å². The largest absolute Gasteiger partial charge is 0.427 e. The number of hydrogen-bond acceptors (Lipinski definition) is 6. The highest BCUT2D eigenvalue weighted by Crippen LogP contribution is 2.46. The highest BCUT2D eigenvalue weighted by Gasteiger charge is 2.56. The van der Waals surface area contributed by atoms with Crippen LogP contribution in [0.3, 0.4) is 0 Å². The highest BCUT2D eigenvalue weighted by atomic mass is 16.5. The lowest BCUT2D eigenvalue weighted by Crippen LogP contribution is -2.29. The highest BCUT2D eigenvalue weighted by molar-refractivity contribution is 6.34. The van der Waals surface area contributed by atoms with Gasteiger partial charge in [0.1, 0.15) is 11.8 Å². The number of Topliss-reactive ketones (excluding diaryl/α,β-unsaturated/α-hetero) is 1. The molecular weight excluding hydrogens is 508 g/mol. The molecule has 3 amide bonds. The van der Waals surface area contributed by atoms with Gasteiger partial charge in [0.25, 0.3) is 17.7 Å². The van der Waals surface area contributed by atoms with Crippen LogP contribution >= 0.6 is 0 Å². The van der Waals surface area contributed by atoms with E-state index in [4.69, 9.17) is 4.74 Å². The molecule has 2 heterocycles. The lowest BCUT2D eigenvalue weighted by Gasteiger charge is -2.14. The number of amides is 3. The molecule has 6 rings (SSSR count). The predicted molar refractivity (Wildman–Crippen MR) is 145 cm³/mol. The van der Waals surface area contributed by atoms with Gasteiger partial charge in [0, 0.05) is 24.1 Å². The molecule has 8 nitrogen and oxygen atoms in total. The smallest absolute Gasteiger partial charge is 0.308 e. The molecule has 0 saturated carbocycles. The van der Waals surface area contributed by atoms with Crippen LogP contribution in [0.1, 0.15) is 60.0 Å². The normalized spacial score (nSPS) is 17.4. The van der Waals surface area contributed by atoms with E-state index in [1.807, 2.05) is 36.4 Å². The number of benzene rings is 4. The zero-order chi connectivity index (χ0) is 28.0. The van der Waals surface area contributed by atoms with Crippen molar-refractivity contribution in [1.29, 1.82) is 0 Å². The van der Waals surface area contributed by atoms with E-state index in [2.05, 4.69) is 0 Å². The zero-order valence-corrected chi connectivity index (χ0v) is 21.3. The third-order valence-electron chi connectivity index (χ3n) is 6.98. The predicted octanol–water partition coefficient (Wildman–Crippen LogP) is 4.86. The maximum atomic E-state index is 13.7. The lowest BCUT2D eigenvalue weighted by atomic mass is 10.0. The maximum absolute atomic E-state index is 13.7. The monoisotopic (exact) mass is 530 g/mol. The van der Waals surface area contributed by atoms with Gasteiger partial charge in [0.15, 0.2) is 5.78 Å². The van der Waals surface area contributed by atoms with Crippen molar-refractivity contribution in [1.82, 2.24) is 4.90 Å². The Kier molecular flexibility index (Phi) is 6.07. The number of hydrogen-bond donors (Lipinski definition) is 0. The Balaban J connectivity index is 1.31. The fraction of sp³-hybridized carbons (Fsp3) is 0.0938. The minimum Gasteiger partial charge on any atom is -0.427 e. The average Bonchev–Trinajstić information content (AvgIpc) is 3.67. The second-order valence-corrected chi connectivity index (χ2v) is 9.54. The van der Waals surface area contributed by atoms with Gasteiger partial charge < -0.3 is 9.64 Å². The molecule has 1 fully saturated rings. The van der Waals surface area contributed by atoms with E-state index < -0.39 is 35.8 Å². The summed E-state index contributed by atoms with van der Waals surface area (Å²) in [6.07, 6.45) is 0. The van der Waals surface area contributed by atoms with Crippen molar-refractivity contribution in [2.24, 2.45) is 0 Å². The number of carbonyl (C=O) groups is 5. The average molecular weight is 531 g/mol. The first kappa shape index (κ1) is 24.9. The summed E-state index contributed by atoms with van der Waals surface area (Å²) in [6, 6.07) is 27.4. The van der Waals surface area contributed by atoms with Crippen molar-refractivity contribution in [3.8, 4) is 5.75 Å². The SMILES string of the molecule is CC(=O)Oc1cccc(N2C(=O)c3ccc(C(=O)N4[C@H](C(=O)c5ccccc5)[C@@H]4c4ccccc4)cc3C2=O)c1. The van der Waals surface area contributed by atoms with Crippen molar-refractivity contribution < 1.29 is 28.7 Å². The first-order chi connectivity index (χ1) is 19.3. The summed E-state index contributed by atoms with van der Waals surface area (Å²) in [5.41, 5.74) is 2.00. The molecule has 1 saturated heterocycles. The summed E-state index contributed by atoms with van der Waals surface area (Å²) in [7, 11) is 0. The number of esters is 1. The van der Waals surface area contributed by atoms with E-state index in [0.29, 0.717) is 5.56 Å². The maximum Gasteiger partial charge on any atom is 0.308 e. The summed E-state index contributed by atoms with van der Waals surface area (Å²) >= 11 is 0. The Morgan fingerprint density at radius 1 is 0.700 bits per heavy atom. The van der Waals surface area contributed by atoms with Gasteiger partial charge in [-0.1, -0.05) is 66.7 Å². The van der Waals surface area contributed by atoms with Gasteiger partial charge in [0.2, 0.25) is 0 Å². The molecular formula is C32H22N2O6. The van der Waals surface area contributed by atoms with Crippen molar-refractivity contribution >= 4 is 35.2 Å². The number of nitrogens with zero attached hydrogens (tertiary/aromatic N) is 2. The first-order valence-corrected chi connectivity index (χ1v) is 12.6. The molecule has 2 aliphatic heterocycles. The fourth-order valence-electron chi connectivity index (χ4n) is 5.13. The van der Waals surface area contributed by atoms with Crippen LogP contribution in [-0.2, 0) is 4.79 Å².